The Kier molecular flexibility index (Phi) is 1.83. The minimum Gasteiger partial charge on any atom is -0.327 e. The third-order valence-corrected chi connectivity index (χ3v) is 3.34. The first-order valence-electron chi connectivity index (χ1n) is 3.13. The van der Waals surface area contributed by atoms with E-state index < -0.39 is 9.84 Å². The molecular formula is C6H11NO2S. The van der Waals surface area contributed by atoms with Crippen molar-refractivity contribution in [1.82, 2.24) is 0 Å². The average Bonchev–Trinajstić information content (AvgIpc) is 2.05. The second-order valence-corrected chi connectivity index (χ2v) is 4.68. The van der Waals surface area contributed by atoms with Gasteiger partial charge in [-0.2, -0.15) is 0 Å². The lowest BCUT2D eigenvalue weighted by Gasteiger charge is -1.93. The third-order valence-electron chi connectivity index (χ3n) is 1.68. The second-order valence-electron chi connectivity index (χ2n) is 2.62. The Bertz CT molecular complexity index is 263. The molecule has 0 aromatic carbocycles. The molecule has 2 N–H and O–H groups in total. The number of sulfone groups is 1. The molecule has 0 saturated heterocycles. The van der Waals surface area contributed by atoms with Crippen LogP contribution in [-0.2, 0) is 9.84 Å². The van der Waals surface area contributed by atoms with Crippen LogP contribution in [0.15, 0.2) is 11.1 Å². The Balaban J connectivity index is 2.88. The predicted octanol–water partition coefficient (Wildman–Crippen LogP) is -0.310. The second kappa shape index (κ2) is 2.36. The summed E-state index contributed by atoms with van der Waals surface area (Å²) in [4.78, 5) is 0. The SMILES string of the molecule is CC1=C(CN)CS(=O)(=O)C1. The quantitative estimate of drug-likeness (QED) is 0.537. The molecule has 0 amide bonds. The van der Waals surface area contributed by atoms with Gasteiger partial charge < -0.3 is 5.73 Å². The molecule has 0 aliphatic carbocycles. The topological polar surface area (TPSA) is 60.2 Å². The fraction of sp³-hybridized carbons (Fsp3) is 0.667. The maximum Gasteiger partial charge on any atom is 0.157 e. The normalized spacial score (nSPS) is 23.8. The molecule has 1 rings (SSSR count). The maximum atomic E-state index is 10.9. The highest BCUT2D eigenvalue weighted by molar-refractivity contribution is 7.92. The summed E-state index contributed by atoms with van der Waals surface area (Å²) < 4.78 is 21.8. The summed E-state index contributed by atoms with van der Waals surface area (Å²) in [6.45, 7) is 2.21. The molecule has 4 heteroatoms. The van der Waals surface area contributed by atoms with E-state index in [1.807, 2.05) is 6.92 Å². The van der Waals surface area contributed by atoms with Crippen molar-refractivity contribution in [2.24, 2.45) is 5.73 Å². The van der Waals surface area contributed by atoms with E-state index in [9.17, 15) is 8.42 Å². The highest BCUT2D eigenvalue weighted by Crippen LogP contribution is 2.17. The molecular weight excluding hydrogens is 150 g/mol. The largest absolute Gasteiger partial charge is 0.327 e. The highest BCUT2D eigenvalue weighted by atomic mass is 32.2. The van der Waals surface area contributed by atoms with Crippen LogP contribution in [0.3, 0.4) is 0 Å². The number of hydrogen-bond acceptors (Lipinski definition) is 3. The van der Waals surface area contributed by atoms with Crippen molar-refractivity contribution in [3.8, 4) is 0 Å². The van der Waals surface area contributed by atoms with Crippen molar-refractivity contribution < 1.29 is 8.42 Å². The summed E-state index contributed by atoms with van der Waals surface area (Å²) in [7, 11) is -2.81. The lowest BCUT2D eigenvalue weighted by atomic mass is 10.2. The van der Waals surface area contributed by atoms with Gasteiger partial charge in [0.25, 0.3) is 0 Å². The van der Waals surface area contributed by atoms with E-state index in [4.69, 9.17) is 5.73 Å². The first-order valence-corrected chi connectivity index (χ1v) is 4.95. The van der Waals surface area contributed by atoms with Crippen molar-refractivity contribution in [2.45, 2.75) is 6.92 Å². The molecule has 10 heavy (non-hydrogen) atoms. The van der Waals surface area contributed by atoms with Crippen LogP contribution in [0.5, 0.6) is 0 Å². The van der Waals surface area contributed by atoms with Crippen LogP contribution in [0.2, 0.25) is 0 Å². The maximum absolute atomic E-state index is 10.9. The minimum atomic E-state index is -2.81. The summed E-state index contributed by atoms with van der Waals surface area (Å²) in [6.07, 6.45) is 0. The van der Waals surface area contributed by atoms with Gasteiger partial charge in [-0.15, -0.1) is 0 Å². The van der Waals surface area contributed by atoms with Gasteiger partial charge in [-0.05, 0) is 12.5 Å². The first kappa shape index (κ1) is 7.75. The van der Waals surface area contributed by atoms with Gasteiger partial charge in [-0.3, -0.25) is 0 Å². The van der Waals surface area contributed by atoms with Crippen LogP contribution in [0.25, 0.3) is 0 Å². The summed E-state index contributed by atoms with van der Waals surface area (Å²) in [5.74, 6) is 0.384. The van der Waals surface area contributed by atoms with Gasteiger partial charge in [0.1, 0.15) is 0 Å². The fourth-order valence-corrected chi connectivity index (χ4v) is 2.97. The minimum absolute atomic E-state index is 0.176. The zero-order valence-electron chi connectivity index (χ0n) is 5.92. The first-order chi connectivity index (χ1) is 4.55. The molecule has 0 atom stereocenters. The zero-order valence-corrected chi connectivity index (χ0v) is 6.74. The lowest BCUT2D eigenvalue weighted by molar-refractivity contribution is 0.602. The van der Waals surface area contributed by atoms with E-state index >= 15 is 0 Å². The molecule has 1 aliphatic rings. The molecule has 0 fully saturated rings. The molecule has 1 heterocycles. The van der Waals surface area contributed by atoms with Crippen molar-refractivity contribution in [2.75, 3.05) is 18.1 Å². The Labute approximate surface area is 60.8 Å². The molecule has 1 aliphatic heterocycles. The molecule has 0 saturated carbocycles. The standard InChI is InChI=1S/C6H11NO2S/c1-5-3-10(8,9)4-6(5)2-7/h2-4,7H2,1H3. The van der Waals surface area contributed by atoms with E-state index in [1.54, 1.807) is 0 Å². The van der Waals surface area contributed by atoms with Crippen LogP contribution in [0, 0.1) is 0 Å². The van der Waals surface area contributed by atoms with Crippen molar-refractivity contribution in [3.63, 3.8) is 0 Å². The van der Waals surface area contributed by atoms with E-state index in [2.05, 4.69) is 0 Å². The van der Waals surface area contributed by atoms with Crippen LogP contribution in [-0.4, -0.2) is 26.5 Å². The third kappa shape index (κ3) is 1.38. The van der Waals surface area contributed by atoms with Gasteiger partial charge in [0.05, 0.1) is 11.5 Å². The van der Waals surface area contributed by atoms with Gasteiger partial charge in [-0.25, -0.2) is 8.42 Å². The molecule has 0 unspecified atom stereocenters. The van der Waals surface area contributed by atoms with Crippen LogP contribution < -0.4 is 5.73 Å². The Morgan fingerprint density at radius 2 is 2.10 bits per heavy atom. The van der Waals surface area contributed by atoms with Crippen LogP contribution in [0.1, 0.15) is 6.92 Å². The van der Waals surface area contributed by atoms with Crippen molar-refractivity contribution in [1.29, 1.82) is 0 Å². The number of hydrogen-bond donors (Lipinski definition) is 1. The molecule has 0 aromatic rings. The highest BCUT2D eigenvalue weighted by Gasteiger charge is 2.23. The van der Waals surface area contributed by atoms with E-state index in [0.717, 1.165) is 11.1 Å². The summed E-state index contributed by atoms with van der Waals surface area (Å²) in [6, 6.07) is 0. The Hall–Kier alpha value is -0.350. The van der Waals surface area contributed by atoms with E-state index in [1.165, 1.54) is 0 Å². The smallest absolute Gasteiger partial charge is 0.157 e. The van der Waals surface area contributed by atoms with Gasteiger partial charge in [0.2, 0.25) is 0 Å². The summed E-state index contributed by atoms with van der Waals surface area (Å²) in [5, 5.41) is 0. The molecule has 0 radical (unpaired) electrons. The average molecular weight is 161 g/mol. The van der Waals surface area contributed by atoms with Crippen molar-refractivity contribution in [3.05, 3.63) is 11.1 Å². The van der Waals surface area contributed by atoms with Crippen molar-refractivity contribution >= 4 is 9.84 Å². The lowest BCUT2D eigenvalue weighted by Crippen LogP contribution is -2.08. The molecule has 0 spiro atoms. The summed E-state index contributed by atoms with van der Waals surface area (Å²) >= 11 is 0. The van der Waals surface area contributed by atoms with Gasteiger partial charge in [0, 0.05) is 6.54 Å². The van der Waals surface area contributed by atoms with Crippen LogP contribution in [0.4, 0.5) is 0 Å². The zero-order chi connectivity index (χ0) is 7.78. The Morgan fingerprint density at radius 1 is 1.50 bits per heavy atom. The number of nitrogens with two attached hydrogens (primary N) is 1. The molecule has 3 nitrogen and oxygen atoms in total. The Morgan fingerprint density at radius 3 is 2.30 bits per heavy atom. The van der Waals surface area contributed by atoms with Gasteiger partial charge >= 0.3 is 0 Å². The van der Waals surface area contributed by atoms with Gasteiger partial charge in [-0.1, -0.05) is 5.57 Å². The predicted molar refractivity (Wildman–Crippen MR) is 40.4 cm³/mol. The monoisotopic (exact) mass is 161 g/mol. The molecule has 0 bridgehead atoms. The molecule has 58 valence electrons. The van der Waals surface area contributed by atoms with E-state index in [0.29, 0.717) is 6.54 Å². The number of rotatable bonds is 1. The molecule has 0 aromatic heterocycles. The van der Waals surface area contributed by atoms with Crippen LogP contribution >= 0.6 is 0 Å². The van der Waals surface area contributed by atoms with E-state index in [-0.39, 0.29) is 11.5 Å². The van der Waals surface area contributed by atoms with Gasteiger partial charge in [0.15, 0.2) is 9.84 Å². The summed E-state index contributed by atoms with van der Waals surface area (Å²) in [5.41, 5.74) is 7.14. The fourth-order valence-electron chi connectivity index (χ4n) is 1.10.